The Morgan fingerprint density at radius 1 is 1.05 bits per heavy atom. The van der Waals surface area contributed by atoms with Crippen molar-refractivity contribution in [2.45, 2.75) is 13.3 Å². The molecule has 11 heteroatoms. The van der Waals surface area contributed by atoms with Gasteiger partial charge in [-0.25, -0.2) is 22.5 Å². The first-order chi connectivity index (χ1) is 17.9. The molecule has 5 rings (SSSR count). The van der Waals surface area contributed by atoms with Crippen LogP contribution in [0.15, 0.2) is 67.3 Å². The number of anilines is 2. The van der Waals surface area contributed by atoms with Gasteiger partial charge >= 0.3 is 0 Å². The summed E-state index contributed by atoms with van der Waals surface area (Å²) in [5, 5.41) is 8.10. The smallest absolute Gasteiger partial charge is 0.232 e. The molecule has 9 nitrogen and oxygen atoms in total. The summed E-state index contributed by atoms with van der Waals surface area (Å²) in [6.07, 6.45) is 7.20. The van der Waals surface area contributed by atoms with Crippen molar-refractivity contribution in [2.75, 3.05) is 41.6 Å². The largest absolute Gasteiger partial charge is 0.354 e. The molecule has 0 unspecified atom stereocenters. The topological polar surface area (TPSA) is 105 Å². The Hall–Kier alpha value is -3.83. The highest BCUT2D eigenvalue weighted by molar-refractivity contribution is 7.92. The first kappa shape index (κ1) is 24.8. The van der Waals surface area contributed by atoms with Crippen molar-refractivity contribution in [3.05, 3.63) is 73.1 Å². The van der Waals surface area contributed by atoms with Gasteiger partial charge in [0.25, 0.3) is 0 Å². The molecule has 3 aromatic heterocycles. The zero-order valence-corrected chi connectivity index (χ0v) is 21.2. The van der Waals surface area contributed by atoms with Crippen LogP contribution in [0.5, 0.6) is 0 Å². The molecule has 0 aliphatic carbocycles. The molecule has 0 amide bonds. The van der Waals surface area contributed by atoms with E-state index in [1.807, 2.05) is 12.1 Å². The van der Waals surface area contributed by atoms with E-state index in [2.05, 4.69) is 24.9 Å². The lowest BCUT2D eigenvalue weighted by Gasteiger charge is -2.28. The number of sulfonamides is 1. The van der Waals surface area contributed by atoms with Crippen LogP contribution in [0.2, 0.25) is 0 Å². The van der Waals surface area contributed by atoms with Crippen molar-refractivity contribution in [2.24, 2.45) is 0 Å². The first-order valence-corrected chi connectivity index (χ1v) is 13.8. The minimum absolute atomic E-state index is 0.0895. The third kappa shape index (κ3) is 5.47. The summed E-state index contributed by atoms with van der Waals surface area (Å²) in [6.45, 7) is 5.37. The molecule has 0 saturated carbocycles. The molecule has 1 aromatic carbocycles. The minimum atomic E-state index is -3.65. The Labute approximate surface area is 215 Å². The van der Waals surface area contributed by atoms with E-state index in [0.717, 1.165) is 43.2 Å². The van der Waals surface area contributed by atoms with Gasteiger partial charge in [-0.1, -0.05) is 19.1 Å². The van der Waals surface area contributed by atoms with Gasteiger partial charge in [-0.05, 0) is 36.8 Å². The Morgan fingerprint density at radius 2 is 1.84 bits per heavy atom. The fourth-order valence-electron chi connectivity index (χ4n) is 4.33. The third-order valence-corrected chi connectivity index (χ3v) is 7.61. The highest BCUT2D eigenvalue weighted by Gasteiger charge is 2.21. The van der Waals surface area contributed by atoms with E-state index in [1.165, 1.54) is 6.07 Å². The van der Waals surface area contributed by atoms with Gasteiger partial charge in [-0.3, -0.25) is 9.71 Å². The van der Waals surface area contributed by atoms with E-state index in [0.29, 0.717) is 17.7 Å². The van der Waals surface area contributed by atoms with Gasteiger partial charge in [0.1, 0.15) is 11.5 Å². The van der Waals surface area contributed by atoms with Gasteiger partial charge in [0.2, 0.25) is 10.0 Å². The van der Waals surface area contributed by atoms with Crippen molar-refractivity contribution in [1.29, 1.82) is 0 Å². The second-order valence-electron chi connectivity index (χ2n) is 8.77. The molecule has 192 valence electrons. The van der Waals surface area contributed by atoms with Gasteiger partial charge < -0.3 is 10.2 Å². The van der Waals surface area contributed by atoms with E-state index < -0.39 is 15.8 Å². The third-order valence-electron chi connectivity index (χ3n) is 6.13. The standard InChI is InChI=1S/C26H28FN7O2S/c1-2-16-37(35,36)32-23-5-3-4-21(25(23)27)22-18-34(31-26(22)19-8-10-28-11-9-19)20-6-7-24(30-17-20)33-14-12-29-13-15-33/h3-11,17-18,29,32H,2,12-16H2,1H3. The predicted molar refractivity (Wildman–Crippen MR) is 143 cm³/mol. The normalized spacial score (nSPS) is 14.1. The van der Waals surface area contributed by atoms with Gasteiger partial charge in [-0.2, -0.15) is 5.10 Å². The predicted octanol–water partition coefficient (Wildman–Crippen LogP) is 3.70. The number of nitrogens with zero attached hydrogens (tertiary/aromatic N) is 5. The monoisotopic (exact) mass is 521 g/mol. The van der Waals surface area contributed by atoms with Crippen LogP contribution in [0.3, 0.4) is 0 Å². The van der Waals surface area contributed by atoms with Crippen LogP contribution in [0.1, 0.15) is 13.3 Å². The van der Waals surface area contributed by atoms with E-state index in [1.54, 1.807) is 60.7 Å². The van der Waals surface area contributed by atoms with Crippen molar-refractivity contribution in [1.82, 2.24) is 25.1 Å². The number of halogens is 1. The number of hydrogen-bond acceptors (Lipinski definition) is 7. The van der Waals surface area contributed by atoms with Gasteiger partial charge in [0, 0.05) is 61.5 Å². The Bertz CT molecular complexity index is 1470. The molecule has 0 atom stereocenters. The summed E-state index contributed by atoms with van der Waals surface area (Å²) in [4.78, 5) is 10.9. The maximum atomic E-state index is 15.7. The number of hydrogen-bond donors (Lipinski definition) is 2. The fraction of sp³-hybridized carbons (Fsp3) is 0.269. The molecular formula is C26H28FN7O2S. The zero-order chi connectivity index (χ0) is 25.8. The summed E-state index contributed by atoms with van der Waals surface area (Å²) < 4.78 is 44.3. The number of aromatic nitrogens is 4. The minimum Gasteiger partial charge on any atom is -0.354 e. The SMILES string of the molecule is CCCS(=O)(=O)Nc1cccc(-c2cn(-c3ccc(N4CCNCC4)nc3)nc2-c2ccncc2)c1F. The lowest BCUT2D eigenvalue weighted by Crippen LogP contribution is -2.43. The Balaban J connectivity index is 1.55. The molecule has 0 radical (unpaired) electrons. The number of pyridine rings is 2. The highest BCUT2D eigenvalue weighted by atomic mass is 32.2. The highest BCUT2D eigenvalue weighted by Crippen LogP contribution is 2.35. The molecule has 37 heavy (non-hydrogen) atoms. The number of nitrogens with one attached hydrogen (secondary N) is 2. The summed E-state index contributed by atoms with van der Waals surface area (Å²) in [5.74, 6) is 0.141. The Kier molecular flexibility index (Phi) is 7.15. The van der Waals surface area contributed by atoms with E-state index in [9.17, 15) is 8.42 Å². The zero-order valence-electron chi connectivity index (χ0n) is 20.4. The van der Waals surface area contributed by atoms with Crippen LogP contribution < -0.4 is 14.9 Å². The van der Waals surface area contributed by atoms with Crippen LogP contribution >= 0.6 is 0 Å². The molecule has 1 aliphatic rings. The number of rotatable bonds is 8. The van der Waals surface area contributed by atoms with Gasteiger partial charge in [0.05, 0.1) is 23.3 Å². The summed E-state index contributed by atoms with van der Waals surface area (Å²) >= 11 is 0. The summed E-state index contributed by atoms with van der Waals surface area (Å²) in [6, 6.07) is 12.1. The average molecular weight is 522 g/mol. The molecule has 0 bridgehead atoms. The lowest BCUT2D eigenvalue weighted by molar-refractivity contribution is 0.585. The lowest BCUT2D eigenvalue weighted by atomic mass is 10.0. The quantitative estimate of drug-likeness (QED) is 0.364. The average Bonchev–Trinajstić information content (AvgIpc) is 3.36. The molecule has 1 fully saturated rings. The molecule has 4 heterocycles. The molecule has 2 N–H and O–H groups in total. The maximum Gasteiger partial charge on any atom is 0.232 e. The van der Waals surface area contributed by atoms with Crippen molar-refractivity contribution in [3.8, 4) is 28.1 Å². The maximum absolute atomic E-state index is 15.7. The molecule has 1 aliphatic heterocycles. The van der Waals surface area contributed by atoms with E-state index in [4.69, 9.17) is 5.10 Å². The summed E-state index contributed by atoms with van der Waals surface area (Å²) in [7, 11) is -3.65. The van der Waals surface area contributed by atoms with Crippen molar-refractivity contribution < 1.29 is 12.8 Å². The second kappa shape index (κ2) is 10.7. The molecule has 4 aromatic rings. The van der Waals surface area contributed by atoms with E-state index in [-0.39, 0.29) is 17.0 Å². The first-order valence-electron chi connectivity index (χ1n) is 12.2. The van der Waals surface area contributed by atoms with E-state index >= 15 is 4.39 Å². The fourth-order valence-corrected chi connectivity index (χ4v) is 5.46. The van der Waals surface area contributed by atoms with Crippen LogP contribution in [0.4, 0.5) is 15.9 Å². The van der Waals surface area contributed by atoms with Crippen LogP contribution in [0.25, 0.3) is 28.1 Å². The summed E-state index contributed by atoms with van der Waals surface area (Å²) in [5.41, 5.74) is 2.68. The van der Waals surface area contributed by atoms with Gasteiger partial charge in [0.15, 0.2) is 5.82 Å². The number of benzene rings is 1. The Morgan fingerprint density at radius 3 is 2.54 bits per heavy atom. The van der Waals surface area contributed by atoms with Gasteiger partial charge in [-0.15, -0.1) is 0 Å². The van der Waals surface area contributed by atoms with Crippen molar-refractivity contribution in [3.63, 3.8) is 0 Å². The molecule has 0 spiro atoms. The van der Waals surface area contributed by atoms with Crippen LogP contribution in [0, 0.1) is 5.82 Å². The molecular weight excluding hydrogens is 493 g/mol. The van der Waals surface area contributed by atoms with Crippen LogP contribution in [-0.2, 0) is 10.0 Å². The second-order valence-corrected chi connectivity index (χ2v) is 10.6. The molecule has 1 saturated heterocycles. The number of piperazine rings is 1. The van der Waals surface area contributed by atoms with Crippen LogP contribution in [-0.4, -0.2) is 60.1 Å². The van der Waals surface area contributed by atoms with Crippen molar-refractivity contribution >= 4 is 21.5 Å².